The summed E-state index contributed by atoms with van der Waals surface area (Å²) in [6.07, 6.45) is 9.48. The molecule has 4 rings (SSSR count). The standard InChI is InChI=1S/C30H35O2P.HI/c1-3-4-13-26(32-30-18-11-12-21-31-30)23-25-22-24(2)19-20-29(25)33(27-14-7-5-8-15-27)28-16-9-6-10-17-28;/h3-10,14-17,19-20,22,26,30H,11-13,18,21,23H2,1-2H3;1H/b4-3+;. The van der Waals surface area contributed by atoms with Gasteiger partial charge in [0.25, 0.3) is 0 Å². The van der Waals surface area contributed by atoms with E-state index in [-0.39, 0.29) is 36.4 Å². The zero-order chi connectivity index (χ0) is 22.9. The van der Waals surface area contributed by atoms with Crippen LogP contribution in [0.25, 0.3) is 0 Å². The number of ether oxygens (including phenoxy) is 2. The van der Waals surface area contributed by atoms with E-state index in [1.54, 1.807) is 0 Å². The fraction of sp³-hybridized carbons (Fsp3) is 0.333. The van der Waals surface area contributed by atoms with Gasteiger partial charge < -0.3 is 9.47 Å². The molecule has 4 heteroatoms. The van der Waals surface area contributed by atoms with E-state index in [0.29, 0.717) is 0 Å². The summed E-state index contributed by atoms with van der Waals surface area (Å²) < 4.78 is 12.4. The second-order valence-electron chi connectivity index (χ2n) is 8.70. The molecular weight excluding hydrogens is 550 g/mol. The Morgan fingerprint density at radius 1 is 0.971 bits per heavy atom. The number of halogens is 1. The van der Waals surface area contributed by atoms with Gasteiger partial charge in [-0.25, -0.2) is 0 Å². The first-order valence-electron chi connectivity index (χ1n) is 12.1. The number of rotatable bonds is 9. The molecule has 0 radical (unpaired) electrons. The van der Waals surface area contributed by atoms with Gasteiger partial charge in [-0.1, -0.05) is 96.6 Å². The van der Waals surface area contributed by atoms with Crippen LogP contribution < -0.4 is 15.9 Å². The van der Waals surface area contributed by atoms with E-state index in [9.17, 15) is 0 Å². The van der Waals surface area contributed by atoms with E-state index in [1.165, 1.54) is 33.5 Å². The molecule has 1 fully saturated rings. The fourth-order valence-electron chi connectivity index (χ4n) is 4.43. The van der Waals surface area contributed by atoms with Crippen LogP contribution in [-0.4, -0.2) is 19.0 Å². The molecule has 1 aliphatic rings. The molecule has 3 aromatic rings. The Hall–Kier alpha value is -1.52. The van der Waals surface area contributed by atoms with Gasteiger partial charge in [-0.3, -0.25) is 0 Å². The molecule has 0 N–H and O–H groups in total. The van der Waals surface area contributed by atoms with Gasteiger partial charge in [0.2, 0.25) is 0 Å². The molecule has 0 saturated carbocycles. The van der Waals surface area contributed by atoms with Gasteiger partial charge in [-0.15, -0.1) is 24.0 Å². The third-order valence-electron chi connectivity index (χ3n) is 6.07. The lowest BCUT2D eigenvalue weighted by atomic mass is 10.0. The average Bonchev–Trinajstić information content (AvgIpc) is 2.86. The molecule has 2 unspecified atom stereocenters. The number of benzene rings is 3. The number of aryl methyl sites for hydroxylation is 1. The highest BCUT2D eigenvalue weighted by Crippen LogP contribution is 2.35. The third-order valence-corrected chi connectivity index (χ3v) is 8.62. The lowest BCUT2D eigenvalue weighted by molar-refractivity contribution is -0.186. The monoisotopic (exact) mass is 586 g/mol. The lowest BCUT2D eigenvalue weighted by Crippen LogP contribution is -2.31. The van der Waals surface area contributed by atoms with Crippen molar-refractivity contribution in [1.29, 1.82) is 0 Å². The highest BCUT2D eigenvalue weighted by molar-refractivity contribution is 14.0. The molecular formula is C30H36IO2P. The van der Waals surface area contributed by atoms with Crippen LogP contribution in [0.5, 0.6) is 0 Å². The molecule has 1 heterocycles. The van der Waals surface area contributed by atoms with Crippen LogP contribution in [0.1, 0.15) is 43.7 Å². The zero-order valence-corrected chi connectivity index (χ0v) is 23.5. The SMILES string of the molecule is C/C=C/CC(Cc1cc(C)ccc1P(c1ccccc1)c1ccccc1)OC1CCCCO1.I. The summed E-state index contributed by atoms with van der Waals surface area (Å²) in [5, 5.41) is 4.18. The van der Waals surface area contributed by atoms with Crippen molar-refractivity contribution in [3.63, 3.8) is 0 Å². The van der Waals surface area contributed by atoms with Crippen molar-refractivity contribution < 1.29 is 9.47 Å². The summed E-state index contributed by atoms with van der Waals surface area (Å²) >= 11 is 0. The fourth-order valence-corrected chi connectivity index (χ4v) is 6.89. The van der Waals surface area contributed by atoms with Crippen LogP contribution in [0, 0.1) is 6.92 Å². The molecule has 2 nitrogen and oxygen atoms in total. The number of hydrogen-bond acceptors (Lipinski definition) is 2. The van der Waals surface area contributed by atoms with E-state index in [0.717, 1.165) is 32.3 Å². The van der Waals surface area contributed by atoms with Gasteiger partial charge in [-0.2, -0.15) is 0 Å². The molecule has 1 saturated heterocycles. The third kappa shape index (κ3) is 7.49. The first-order valence-corrected chi connectivity index (χ1v) is 13.5. The molecule has 3 aromatic carbocycles. The molecule has 0 aliphatic carbocycles. The van der Waals surface area contributed by atoms with Crippen molar-refractivity contribution in [3.05, 3.63) is 102 Å². The minimum atomic E-state index is -0.647. The van der Waals surface area contributed by atoms with Crippen molar-refractivity contribution >= 4 is 47.8 Å². The van der Waals surface area contributed by atoms with Crippen molar-refractivity contribution in [3.8, 4) is 0 Å². The summed E-state index contributed by atoms with van der Waals surface area (Å²) in [5.74, 6) is 0. The smallest absolute Gasteiger partial charge is 0.157 e. The van der Waals surface area contributed by atoms with Crippen LogP contribution in [0.3, 0.4) is 0 Å². The summed E-state index contributed by atoms with van der Waals surface area (Å²) in [6, 6.07) is 28.9. The predicted octanol–water partition coefficient (Wildman–Crippen LogP) is 6.79. The molecule has 34 heavy (non-hydrogen) atoms. The van der Waals surface area contributed by atoms with Gasteiger partial charge in [0.1, 0.15) is 0 Å². The van der Waals surface area contributed by atoms with Gasteiger partial charge in [0.15, 0.2) is 6.29 Å². The van der Waals surface area contributed by atoms with Crippen LogP contribution in [0.4, 0.5) is 0 Å². The summed E-state index contributed by atoms with van der Waals surface area (Å²) in [6.45, 7) is 5.08. The van der Waals surface area contributed by atoms with Gasteiger partial charge in [0.05, 0.1) is 6.10 Å². The first kappa shape index (κ1) is 27.1. The Kier molecular flexibility index (Phi) is 11.3. The molecule has 0 bridgehead atoms. The molecule has 180 valence electrons. The van der Waals surface area contributed by atoms with Gasteiger partial charge in [0, 0.05) is 6.61 Å². The van der Waals surface area contributed by atoms with Crippen molar-refractivity contribution in [2.24, 2.45) is 0 Å². The van der Waals surface area contributed by atoms with E-state index >= 15 is 0 Å². The molecule has 0 amide bonds. The Morgan fingerprint density at radius 3 is 2.24 bits per heavy atom. The zero-order valence-electron chi connectivity index (χ0n) is 20.2. The maximum absolute atomic E-state index is 6.52. The minimum absolute atomic E-state index is 0. The highest BCUT2D eigenvalue weighted by atomic mass is 127. The Balaban J connectivity index is 0.00000324. The molecule has 0 aromatic heterocycles. The first-order chi connectivity index (χ1) is 16.2. The molecule has 0 spiro atoms. The second kappa shape index (κ2) is 14.1. The Bertz CT molecular complexity index is 977. The van der Waals surface area contributed by atoms with Crippen molar-refractivity contribution in [1.82, 2.24) is 0 Å². The maximum atomic E-state index is 6.52. The minimum Gasteiger partial charge on any atom is -0.353 e. The van der Waals surface area contributed by atoms with Crippen molar-refractivity contribution in [2.45, 2.75) is 58.3 Å². The highest BCUT2D eigenvalue weighted by Gasteiger charge is 2.24. The van der Waals surface area contributed by atoms with Crippen molar-refractivity contribution in [2.75, 3.05) is 6.61 Å². The quantitative estimate of drug-likeness (QED) is 0.156. The topological polar surface area (TPSA) is 18.5 Å². The number of allylic oxidation sites excluding steroid dienone is 1. The predicted molar refractivity (Wildman–Crippen MR) is 157 cm³/mol. The van der Waals surface area contributed by atoms with Crippen LogP contribution in [0.15, 0.2) is 91.0 Å². The summed E-state index contributed by atoms with van der Waals surface area (Å²) in [4.78, 5) is 0. The average molecular weight is 586 g/mol. The van der Waals surface area contributed by atoms with E-state index in [1.807, 2.05) is 0 Å². The van der Waals surface area contributed by atoms with Crippen LogP contribution in [-0.2, 0) is 15.9 Å². The number of hydrogen-bond donors (Lipinski definition) is 0. The normalized spacial score (nSPS) is 17.0. The van der Waals surface area contributed by atoms with E-state index < -0.39 is 7.92 Å². The summed E-state index contributed by atoms with van der Waals surface area (Å²) in [5.41, 5.74) is 2.68. The second-order valence-corrected chi connectivity index (χ2v) is 10.9. The molecule has 2 atom stereocenters. The maximum Gasteiger partial charge on any atom is 0.157 e. The van der Waals surface area contributed by atoms with Crippen LogP contribution >= 0.6 is 31.9 Å². The Morgan fingerprint density at radius 2 is 1.65 bits per heavy atom. The van der Waals surface area contributed by atoms with E-state index in [2.05, 4.69) is 105 Å². The van der Waals surface area contributed by atoms with E-state index in [4.69, 9.17) is 9.47 Å². The van der Waals surface area contributed by atoms with Gasteiger partial charge >= 0.3 is 0 Å². The van der Waals surface area contributed by atoms with Gasteiger partial charge in [-0.05, 0) is 75.4 Å². The largest absolute Gasteiger partial charge is 0.353 e. The lowest BCUT2D eigenvalue weighted by Gasteiger charge is -2.29. The van der Waals surface area contributed by atoms with Crippen LogP contribution in [0.2, 0.25) is 0 Å². The molecule has 1 aliphatic heterocycles. The summed E-state index contributed by atoms with van der Waals surface area (Å²) in [7, 11) is -0.647. The Labute approximate surface area is 223 Å².